The summed E-state index contributed by atoms with van der Waals surface area (Å²) in [6.07, 6.45) is 1.29. The first kappa shape index (κ1) is 10.6. The Labute approximate surface area is 86.0 Å². The molecule has 1 aromatic carbocycles. The third kappa shape index (κ3) is 2.04. The predicted molar refractivity (Wildman–Crippen MR) is 58.5 cm³/mol. The van der Waals surface area contributed by atoms with Crippen molar-refractivity contribution in [1.82, 2.24) is 5.32 Å². The number of nitrogens with one attached hydrogen (secondary N) is 1. The second-order valence-electron chi connectivity index (χ2n) is 3.64. The van der Waals surface area contributed by atoms with Crippen LogP contribution >= 0.6 is 12.4 Å². The molecule has 0 unspecified atom stereocenters. The van der Waals surface area contributed by atoms with Gasteiger partial charge in [0.25, 0.3) is 0 Å². The smallest absolute Gasteiger partial charge is 0.0332 e. The van der Waals surface area contributed by atoms with Gasteiger partial charge in [0.1, 0.15) is 0 Å². The van der Waals surface area contributed by atoms with Crippen LogP contribution in [-0.4, -0.2) is 6.54 Å². The lowest BCUT2D eigenvalue weighted by atomic mass is 9.95. The molecule has 1 heterocycles. The largest absolute Gasteiger partial charge is 0.310 e. The molecule has 1 N–H and O–H groups in total. The summed E-state index contributed by atoms with van der Waals surface area (Å²) in [4.78, 5) is 0. The van der Waals surface area contributed by atoms with Crippen molar-refractivity contribution in [3.63, 3.8) is 0 Å². The van der Waals surface area contributed by atoms with E-state index in [1.165, 1.54) is 29.7 Å². The van der Waals surface area contributed by atoms with Crippen LogP contribution in [0.15, 0.2) is 18.2 Å². The van der Waals surface area contributed by atoms with Gasteiger partial charge in [-0.05, 0) is 43.5 Å². The Bertz CT molecular complexity index is 292. The number of aryl methyl sites for hydroxylation is 2. The van der Waals surface area contributed by atoms with E-state index in [1.807, 2.05) is 0 Å². The summed E-state index contributed by atoms with van der Waals surface area (Å²) in [6.45, 7) is 5.52. The molecule has 0 aliphatic carbocycles. The maximum Gasteiger partial charge on any atom is 0.0332 e. The Morgan fingerprint density at radius 1 is 1.23 bits per heavy atom. The average Bonchev–Trinajstić information content (AvgIpc) is 1.93. The van der Waals surface area contributed by atoms with Crippen molar-refractivity contribution in [3.05, 3.63) is 34.9 Å². The van der Waals surface area contributed by atoms with Crippen molar-refractivity contribution < 1.29 is 0 Å². The van der Waals surface area contributed by atoms with Crippen LogP contribution < -0.4 is 5.32 Å². The molecule has 1 aliphatic rings. The highest BCUT2D eigenvalue weighted by Gasteiger charge is 2.17. The molecule has 1 aromatic rings. The highest BCUT2D eigenvalue weighted by Crippen LogP contribution is 2.24. The predicted octanol–water partition coefficient (Wildman–Crippen LogP) is 2.76. The van der Waals surface area contributed by atoms with Crippen molar-refractivity contribution in [2.24, 2.45) is 0 Å². The Morgan fingerprint density at radius 2 is 1.92 bits per heavy atom. The Hall–Kier alpha value is -0.530. The van der Waals surface area contributed by atoms with Gasteiger partial charge in [-0.25, -0.2) is 0 Å². The molecule has 2 heteroatoms. The van der Waals surface area contributed by atoms with Gasteiger partial charge < -0.3 is 5.32 Å². The van der Waals surface area contributed by atoms with Crippen LogP contribution in [0.1, 0.15) is 29.2 Å². The molecule has 2 rings (SSSR count). The van der Waals surface area contributed by atoms with Crippen molar-refractivity contribution >= 4 is 12.4 Å². The SMILES string of the molecule is Cc1ccc([C@H]2CCN2)cc1C.Cl. The Balaban J connectivity index is 0.000000845. The van der Waals surface area contributed by atoms with Crippen molar-refractivity contribution in [1.29, 1.82) is 0 Å². The van der Waals surface area contributed by atoms with E-state index in [0.717, 1.165) is 0 Å². The summed E-state index contributed by atoms with van der Waals surface area (Å²) >= 11 is 0. The van der Waals surface area contributed by atoms with Gasteiger partial charge in [0.2, 0.25) is 0 Å². The first-order chi connectivity index (χ1) is 5.77. The van der Waals surface area contributed by atoms with Gasteiger partial charge >= 0.3 is 0 Å². The third-order valence-corrected chi connectivity index (χ3v) is 2.76. The van der Waals surface area contributed by atoms with Gasteiger partial charge in [-0.3, -0.25) is 0 Å². The minimum absolute atomic E-state index is 0. The van der Waals surface area contributed by atoms with Gasteiger partial charge in [0, 0.05) is 6.04 Å². The van der Waals surface area contributed by atoms with Crippen LogP contribution in [-0.2, 0) is 0 Å². The number of rotatable bonds is 1. The monoisotopic (exact) mass is 197 g/mol. The molecule has 1 nitrogen and oxygen atoms in total. The lowest BCUT2D eigenvalue weighted by molar-refractivity contribution is 0.383. The summed E-state index contributed by atoms with van der Waals surface area (Å²) in [5.41, 5.74) is 4.24. The van der Waals surface area contributed by atoms with Crippen LogP contribution in [0.2, 0.25) is 0 Å². The Kier molecular flexibility index (Phi) is 3.34. The van der Waals surface area contributed by atoms with Crippen LogP contribution in [0.25, 0.3) is 0 Å². The van der Waals surface area contributed by atoms with Crippen molar-refractivity contribution in [2.75, 3.05) is 6.54 Å². The summed E-state index contributed by atoms with van der Waals surface area (Å²) in [5, 5.41) is 3.41. The standard InChI is InChI=1S/C11H15N.ClH/c1-8-3-4-10(7-9(8)2)11-5-6-12-11;/h3-4,7,11-12H,5-6H2,1-2H3;1H/t11-;/m1./s1. The molecular weight excluding hydrogens is 182 g/mol. The molecule has 0 aromatic heterocycles. The van der Waals surface area contributed by atoms with E-state index in [-0.39, 0.29) is 12.4 Å². The molecule has 0 spiro atoms. The normalized spacial score (nSPS) is 20.3. The first-order valence-corrected chi connectivity index (χ1v) is 4.58. The highest BCUT2D eigenvalue weighted by molar-refractivity contribution is 5.85. The molecule has 1 aliphatic heterocycles. The molecule has 0 radical (unpaired) electrons. The summed E-state index contributed by atoms with van der Waals surface area (Å²) < 4.78 is 0. The third-order valence-electron chi connectivity index (χ3n) is 2.76. The Morgan fingerprint density at radius 3 is 2.38 bits per heavy atom. The molecule has 72 valence electrons. The summed E-state index contributed by atoms with van der Waals surface area (Å²) in [5.74, 6) is 0. The molecule has 1 saturated heterocycles. The molecule has 0 amide bonds. The summed E-state index contributed by atoms with van der Waals surface area (Å²) in [6, 6.07) is 7.38. The maximum atomic E-state index is 3.41. The number of benzene rings is 1. The number of halogens is 1. The van der Waals surface area contributed by atoms with Crippen LogP contribution in [0, 0.1) is 13.8 Å². The van der Waals surface area contributed by atoms with Gasteiger partial charge in [-0.2, -0.15) is 0 Å². The van der Waals surface area contributed by atoms with E-state index in [9.17, 15) is 0 Å². The molecule has 1 fully saturated rings. The average molecular weight is 198 g/mol. The fourth-order valence-electron chi connectivity index (χ4n) is 1.55. The zero-order valence-corrected chi connectivity index (χ0v) is 8.95. The maximum absolute atomic E-state index is 3.41. The minimum atomic E-state index is 0. The van der Waals surface area contributed by atoms with E-state index in [4.69, 9.17) is 0 Å². The quantitative estimate of drug-likeness (QED) is 0.730. The topological polar surface area (TPSA) is 12.0 Å². The fraction of sp³-hybridized carbons (Fsp3) is 0.455. The molecule has 0 saturated carbocycles. The molecule has 1 atom stereocenters. The molecular formula is C11H16ClN. The second kappa shape index (κ2) is 4.12. The van der Waals surface area contributed by atoms with Crippen LogP contribution in [0.3, 0.4) is 0 Å². The van der Waals surface area contributed by atoms with Crippen molar-refractivity contribution in [2.45, 2.75) is 26.3 Å². The number of hydrogen-bond acceptors (Lipinski definition) is 1. The number of hydrogen-bond donors (Lipinski definition) is 1. The summed E-state index contributed by atoms with van der Waals surface area (Å²) in [7, 11) is 0. The van der Waals surface area contributed by atoms with Crippen molar-refractivity contribution in [3.8, 4) is 0 Å². The molecule has 13 heavy (non-hydrogen) atoms. The minimum Gasteiger partial charge on any atom is -0.310 e. The van der Waals surface area contributed by atoms with Crippen LogP contribution in [0.5, 0.6) is 0 Å². The lowest BCUT2D eigenvalue weighted by Crippen LogP contribution is -2.34. The van der Waals surface area contributed by atoms with E-state index in [2.05, 4.69) is 37.4 Å². The van der Waals surface area contributed by atoms with E-state index in [1.54, 1.807) is 0 Å². The van der Waals surface area contributed by atoms with E-state index >= 15 is 0 Å². The van der Waals surface area contributed by atoms with Gasteiger partial charge in [0.15, 0.2) is 0 Å². The lowest BCUT2D eigenvalue weighted by Gasteiger charge is -2.28. The molecule has 0 bridgehead atoms. The first-order valence-electron chi connectivity index (χ1n) is 4.58. The van der Waals surface area contributed by atoms with E-state index < -0.39 is 0 Å². The van der Waals surface area contributed by atoms with E-state index in [0.29, 0.717) is 6.04 Å². The van der Waals surface area contributed by atoms with Gasteiger partial charge in [0.05, 0.1) is 0 Å². The van der Waals surface area contributed by atoms with Gasteiger partial charge in [-0.1, -0.05) is 18.2 Å². The van der Waals surface area contributed by atoms with Crippen LogP contribution in [0.4, 0.5) is 0 Å². The zero-order valence-electron chi connectivity index (χ0n) is 8.13. The van der Waals surface area contributed by atoms with Gasteiger partial charge in [-0.15, -0.1) is 12.4 Å². The fourth-order valence-corrected chi connectivity index (χ4v) is 1.55. The highest BCUT2D eigenvalue weighted by atomic mass is 35.5. The second-order valence-corrected chi connectivity index (χ2v) is 3.64. The zero-order chi connectivity index (χ0) is 8.55.